The molecule has 1 saturated carbocycles. The van der Waals surface area contributed by atoms with E-state index in [1.165, 1.54) is 5.39 Å². The number of nitrogens with zero attached hydrogens (tertiary/aromatic N) is 3. The van der Waals surface area contributed by atoms with Gasteiger partial charge in [0.2, 0.25) is 5.91 Å². The highest BCUT2D eigenvalue weighted by Gasteiger charge is 2.46. The maximum atomic E-state index is 13.0. The topological polar surface area (TPSA) is 36.4 Å². The average Bonchev–Trinajstić information content (AvgIpc) is 3.54. The summed E-state index contributed by atoms with van der Waals surface area (Å²) < 4.78 is 0. The Hall–Kier alpha value is -2.59. The van der Waals surface area contributed by atoms with E-state index in [0.29, 0.717) is 0 Å². The van der Waals surface area contributed by atoms with Crippen LogP contribution in [0.25, 0.3) is 10.8 Å². The molecule has 0 unspecified atom stereocenters. The molecule has 0 N–H and O–H groups in total. The number of pyridine rings is 1. The number of carbonyl (C=O) groups excluding carboxylic acids is 1. The average molecular weight is 392 g/mol. The van der Waals surface area contributed by atoms with E-state index < -0.39 is 0 Å². The number of piperazine rings is 1. The van der Waals surface area contributed by atoms with Gasteiger partial charge in [-0.15, -0.1) is 0 Å². The summed E-state index contributed by atoms with van der Waals surface area (Å²) in [5, 5.41) is 3.15. The molecule has 2 aliphatic rings. The van der Waals surface area contributed by atoms with Crippen molar-refractivity contribution < 1.29 is 4.79 Å². The largest absolute Gasteiger partial charge is 0.366 e. The molecule has 142 valence electrons. The van der Waals surface area contributed by atoms with Crippen LogP contribution in [-0.2, 0) is 4.79 Å². The van der Waals surface area contributed by atoms with Crippen molar-refractivity contribution in [3.05, 3.63) is 71.5 Å². The second-order valence-electron chi connectivity index (χ2n) is 7.66. The highest BCUT2D eigenvalue weighted by Crippen LogP contribution is 2.50. The van der Waals surface area contributed by atoms with Crippen molar-refractivity contribution in [2.24, 2.45) is 5.92 Å². The van der Waals surface area contributed by atoms with Gasteiger partial charge in [0, 0.05) is 54.1 Å². The van der Waals surface area contributed by atoms with Crippen LogP contribution in [0.3, 0.4) is 0 Å². The normalized spacial score (nSPS) is 21.8. The standard InChI is InChI=1S/C23H22ClN3O/c24-21-8-4-3-7-18(21)19-13-20(19)23(28)27-11-9-26(10-12-27)22-15-25-14-16-5-1-2-6-17(16)22/h1-8,14-15,19-20H,9-13H2/t19-,20+/m0/s1. The molecular weight excluding hydrogens is 370 g/mol. The molecule has 1 aromatic heterocycles. The third kappa shape index (κ3) is 3.12. The molecule has 5 heteroatoms. The van der Waals surface area contributed by atoms with E-state index in [2.05, 4.69) is 28.1 Å². The fourth-order valence-electron chi connectivity index (χ4n) is 4.34. The number of anilines is 1. The van der Waals surface area contributed by atoms with Gasteiger partial charge in [-0.1, -0.05) is 54.1 Å². The van der Waals surface area contributed by atoms with Crippen LogP contribution in [0.1, 0.15) is 17.9 Å². The van der Waals surface area contributed by atoms with E-state index in [1.807, 2.05) is 47.6 Å². The summed E-state index contributed by atoms with van der Waals surface area (Å²) in [7, 11) is 0. The number of hydrogen-bond acceptors (Lipinski definition) is 3. The number of carbonyl (C=O) groups is 1. The maximum absolute atomic E-state index is 13.0. The van der Waals surface area contributed by atoms with Gasteiger partial charge in [-0.2, -0.15) is 0 Å². The summed E-state index contributed by atoms with van der Waals surface area (Å²) >= 11 is 6.31. The van der Waals surface area contributed by atoms with Crippen LogP contribution in [0.15, 0.2) is 60.9 Å². The first-order chi connectivity index (χ1) is 13.7. The Labute approximate surface area is 169 Å². The summed E-state index contributed by atoms with van der Waals surface area (Å²) in [5.41, 5.74) is 2.27. The minimum absolute atomic E-state index is 0.0886. The third-order valence-electron chi connectivity index (χ3n) is 5.99. The van der Waals surface area contributed by atoms with Crippen molar-refractivity contribution in [2.75, 3.05) is 31.1 Å². The molecule has 1 saturated heterocycles. The highest BCUT2D eigenvalue weighted by atomic mass is 35.5. The Bertz CT molecular complexity index is 1020. The van der Waals surface area contributed by atoms with E-state index in [-0.39, 0.29) is 17.7 Å². The van der Waals surface area contributed by atoms with Crippen LogP contribution in [0, 0.1) is 5.92 Å². The van der Waals surface area contributed by atoms with E-state index in [4.69, 9.17) is 11.6 Å². The molecule has 0 radical (unpaired) electrons. The van der Waals surface area contributed by atoms with Gasteiger partial charge in [-0.05, 0) is 24.0 Å². The number of amides is 1. The first-order valence-electron chi connectivity index (χ1n) is 9.83. The number of halogens is 1. The molecule has 28 heavy (non-hydrogen) atoms. The molecule has 0 spiro atoms. The molecule has 3 aromatic rings. The minimum atomic E-state index is 0.0886. The molecule has 5 rings (SSSR count). The Morgan fingerprint density at radius 3 is 2.54 bits per heavy atom. The van der Waals surface area contributed by atoms with Crippen molar-refractivity contribution in [1.82, 2.24) is 9.88 Å². The summed E-state index contributed by atoms with van der Waals surface area (Å²) in [4.78, 5) is 21.7. The lowest BCUT2D eigenvalue weighted by atomic mass is 10.1. The minimum Gasteiger partial charge on any atom is -0.366 e. The molecule has 1 amide bonds. The molecule has 4 nitrogen and oxygen atoms in total. The maximum Gasteiger partial charge on any atom is 0.226 e. The monoisotopic (exact) mass is 391 g/mol. The predicted molar refractivity (Wildman–Crippen MR) is 113 cm³/mol. The molecule has 1 aliphatic heterocycles. The van der Waals surface area contributed by atoms with Crippen LogP contribution < -0.4 is 4.90 Å². The van der Waals surface area contributed by atoms with Crippen molar-refractivity contribution in [3.63, 3.8) is 0 Å². The van der Waals surface area contributed by atoms with E-state index in [1.54, 1.807) is 0 Å². The number of rotatable bonds is 3. The molecule has 2 fully saturated rings. The quantitative estimate of drug-likeness (QED) is 0.666. The lowest BCUT2D eigenvalue weighted by molar-refractivity contribution is -0.132. The zero-order chi connectivity index (χ0) is 19.1. The summed E-state index contributed by atoms with van der Waals surface area (Å²) in [5.74, 6) is 0.646. The molecular formula is C23H22ClN3O. The number of aromatic nitrogens is 1. The van der Waals surface area contributed by atoms with E-state index >= 15 is 0 Å². The zero-order valence-corrected chi connectivity index (χ0v) is 16.3. The van der Waals surface area contributed by atoms with Gasteiger partial charge in [-0.25, -0.2) is 0 Å². The van der Waals surface area contributed by atoms with Gasteiger partial charge in [-0.3, -0.25) is 9.78 Å². The van der Waals surface area contributed by atoms with Crippen LogP contribution in [0.4, 0.5) is 5.69 Å². The van der Waals surface area contributed by atoms with E-state index in [9.17, 15) is 4.79 Å². The predicted octanol–water partition coefficient (Wildman–Crippen LogP) is 4.34. The summed E-state index contributed by atoms with van der Waals surface area (Å²) in [6.45, 7) is 3.19. The Kier molecular flexibility index (Phi) is 4.44. The zero-order valence-electron chi connectivity index (χ0n) is 15.6. The van der Waals surface area contributed by atoms with Crippen LogP contribution in [-0.4, -0.2) is 42.0 Å². The van der Waals surface area contributed by atoms with Gasteiger partial charge in [0.15, 0.2) is 0 Å². The van der Waals surface area contributed by atoms with Gasteiger partial charge in [0.1, 0.15) is 0 Å². The SMILES string of the molecule is O=C([C@@H]1C[C@H]1c1ccccc1Cl)N1CCN(c2cncc3ccccc23)CC1. The second kappa shape index (κ2) is 7.10. The second-order valence-corrected chi connectivity index (χ2v) is 8.07. The third-order valence-corrected chi connectivity index (χ3v) is 6.34. The summed E-state index contributed by atoms with van der Waals surface area (Å²) in [6.07, 6.45) is 4.75. The Morgan fingerprint density at radius 2 is 1.71 bits per heavy atom. The first-order valence-corrected chi connectivity index (χ1v) is 10.2. The van der Waals surface area contributed by atoms with Gasteiger partial charge >= 0.3 is 0 Å². The molecule has 1 aliphatic carbocycles. The van der Waals surface area contributed by atoms with Gasteiger partial charge in [0.25, 0.3) is 0 Å². The van der Waals surface area contributed by atoms with Crippen molar-refractivity contribution in [2.45, 2.75) is 12.3 Å². The lowest BCUT2D eigenvalue weighted by Gasteiger charge is -2.36. The number of benzene rings is 2. The number of hydrogen-bond donors (Lipinski definition) is 0. The van der Waals surface area contributed by atoms with Gasteiger partial charge in [0.05, 0.1) is 11.9 Å². The van der Waals surface area contributed by atoms with Crippen LogP contribution in [0.2, 0.25) is 5.02 Å². The van der Waals surface area contributed by atoms with Crippen molar-refractivity contribution in [1.29, 1.82) is 0 Å². The Balaban J connectivity index is 1.25. The van der Waals surface area contributed by atoms with Crippen LogP contribution in [0.5, 0.6) is 0 Å². The fraction of sp³-hybridized carbons (Fsp3) is 0.304. The van der Waals surface area contributed by atoms with Crippen molar-refractivity contribution >= 4 is 34.0 Å². The van der Waals surface area contributed by atoms with Gasteiger partial charge < -0.3 is 9.80 Å². The lowest BCUT2D eigenvalue weighted by Crippen LogP contribution is -2.49. The molecule has 2 heterocycles. The van der Waals surface area contributed by atoms with Crippen LogP contribution >= 0.6 is 11.6 Å². The number of fused-ring (bicyclic) bond motifs is 1. The summed E-state index contributed by atoms with van der Waals surface area (Å²) in [6, 6.07) is 16.2. The molecule has 2 atom stereocenters. The van der Waals surface area contributed by atoms with Crippen molar-refractivity contribution in [3.8, 4) is 0 Å². The molecule has 0 bridgehead atoms. The Morgan fingerprint density at radius 1 is 0.964 bits per heavy atom. The smallest absolute Gasteiger partial charge is 0.226 e. The highest BCUT2D eigenvalue weighted by molar-refractivity contribution is 6.31. The van der Waals surface area contributed by atoms with E-state index in [0.717, 1.165) is 54.3 Å². The fourth-order valence-corrected chi connectivity index (χ4v) is 4.62. The first kappa shape index (κ1) is 17.5. The molecule has 2 aromatic carbocycles.